The van der Waals surface area contributed by atoms with Crippen molar-refractivity contribution in [1.82, 2.24) is 4.90 Å². The van der Waals surface area contributed by atoms with E-state index < -0.39 is 0 Å². The van der Waals surface area contributed by atoms with E-state index in [-0.39, 0.29) is 18.8 Å². The summed E-state index contributed by atoms with van der Waals surface area (Å²) in [6.45, 7) is 6.28. The molecule has 1 aromatic carbocycles. The van der Waals surface area contributed by atoms with Crippen LogP contribution in [-0.4, -0.2) is 48.5 Å². The molecule has 1 saturated heterocycles. The summed E-state index contributed by atoms with van der Waals surface area (Å²) in [5, 5.41) is 9.29. The Morgan fingerprint density at radius 2 is 2.21 bits per heavy atom. The molecule has 0 radical (unpaired) electrons. The van der Waals surface area contributed by atoms with E-state index in [4.69, 9.17) is 10.5 Å². The monoisotopic (exact) mass is 264 g/mol. The van der Waals surface area contributed by atoms with Gasteiger partial charge in [-0.15, -0.1) is 0 Å². The minimum absolute atomic E-state index is 0.0638. The van der Waals surface area contributed by atoms with Crippen LogP contribution in [0.5, 0.6) is 0 Å². The molecule has 0 spiro atoms. The summed E-state index contributed by atoms with van der Waals surface area (Å²) in [5.74, 6) is 0. The van der Waals surface area contributed by atoms with Gasteiger partial charge >= 0.3 is 0 Å². The van der Waals surface area contributed by atoms with Crippen molar-refractivity contribution in [3.63, 3.8) is 0 Å². The lowest BCUT2D eigenvalue weighted by atomic mass is 9.97. The quantitative estimate of drug-likeness (QED) is 0.854. The van der Waals surface area contributed by atoms with Crippen molar-refractivity contribution in [3.05, 3.63) is 35.4 Å². The number of aliphatic hydroxyl groups is 1. The van der Waals surface area contributed by atoms with Gasteiger partial charge in [0.15, 0.2) is 0 Å². The van der Waals surface area contributed by atoms with Gasteiger partial charge in [-0.05, 0) is 25.0 Å². The lowest BCUT2D eigenvalue weighted by Crippen LogP contribution is -2.52. The second-order valence-electron chi connectivity index (χ2n) is 5.29. The maximum atomic E-state index is 9.29. The predicted octanol–water partition coefficient (Wildman–Crippen LogP) is 1.08. The number of nitrogens with two attached hydrogens (primary N) is 1. The minimum atomic E-state index is -0.103. The Kier molecular flexibility index (Phi) is 4.93. The molecule has 106 valence electrons. The molecule has 3 N–H and O–H groups in total. The van der Waals surface area contributed by atoms with Gasteiger partial charge in [0.25, 0.3) is 0 Å². The third kappa shape index (κ3) is 3.15. The van der Waals surface area contributed by atoms with E-state index in [9.17, 15) is 5.11 Å². The summed E-state index contributed by atoms with van der Waals surface area (Å²) in [5.41, 5.74) is 8.54. The molecule has 0 aliphatic carbocycles. The fourth-order valence-corrected chi connectivity index (χ4v) is 2.79. The van der Waals surface area contributed by atoms with Crippen LogP contribution in [0.25, 0.3) is 0 Å². The number of benzene rings is 1. The van der Waals surface area contributed by atoms with Crippen LogP contribution in [-0.2, 0) is 4.74 Å². The normalized spacial score (nSPS) is 26.3. The van der Waals surface area contributed by atoms with E-state index in [2.05, 4.69) is 36.9 Å². The van der Waals surface area contributed by atoms with Gasteiger partial charge in [-0.1, -0.05) is 24.3 Å². The minimum Gasteiger partial charge on any atom is -0.394 e. The molecule has 19 heavy (non-hydrogen) atoms. The Labute approximate surface area is 115 Å². The highest BCUT2D eigenvalue weighted by Gasteiger charge is 2.31. The molecule has 1 heterocycles. The summed E-state index contributed by atoms with van der Waals surface area (Å²) in [6, 6.07) is 8.87. The number of nitrogens with zero attached hydrogens (tertiary/aromatic N) is 1. The number of aliphatic hydroxyl groups excluding tert-OH is 1. The van der Waals surface area contributed by atoms with Crippen molar-refractivity contribution in [2.45, 2.75) is 32.0 Å². The van der Waals surface area contributed by atoms with Gasteiger partial charge in [0.05, 0.1) is 19.3 Å². The number of hydrogen-bond donors (Lipinski definition) is 2. The lowest BCUT2D eigenvalue weighted by molar-refractivity contribution is -0.0907. The number of morpholine rings is 1. The molecule has 1 aliphatic rings. The summed E-state index contributed by atoms with van der Waals surface area (Å²) < 4.78 is 5.60. The van der Waals surface area contributed by atoms with Gasteiger partial charge in [-0.25, -0.2) is 0 Å². The summed E-state index contributed by atoms with van der Waals surface area (Å²) in [4.78, 5) is 2.35. The van der Waals surface area contributed by atoms with Gasteiger partial charge in [-0.2, -0.15) is 0 Å². The van der Waals surface area contributed by atoms with Crippen molar-refractivity contribution in [1.29, 1.82) is 0 Å². The first-order valence-electron chi connectivity index (χ1n) is 6.91. The van der Waals surface area contributed by atoms with Gasteiger partial charge in [-0.3, -0.25) is 4.90 Å². The van der Waals surface area contributed by atoms with Crippen LogP contribution < -0.4 is 5.73 Å². The highest BCUT2D eigenvalue weighted by molar-refractivity contribution is 5.29. The summed E-state index contributed by atoms with van der Waals surface area (Å²) in [7, 11) is 0. The Hall–Kier alpha value is -0.940. The molecule has 4 nitrogen and oxygen atoms in total. The first kappa shape index (κ1) is 14.5. The Morgan fingerprint density at radius 3 is 2.84 bits per heavy atom. The topological polar surface area (TPSA) is 58.7 Å². The van der Waals surface area contributed by atoms with Crippen LogP contribution in [0, 0.1) is 6.92 Å². The first-order valence-corrected chi connectivity index (χ1v) is 6.91. The second-order valence-corrected chi connectivity index (χ2v) is 5.29. The van der Waals surface area contributed by atoms with Crippen LogP contribution in [0.1, 0.15) is 24.1 Å². The Bertz CT molecular complexity index is 411. The summed E-state index contributed by atoms with van der Waals surface area (Å²) in [6.07, 6.45) is -0.103. The third-order valence-electron chi connectivity index (χ3n) is 3.93. The van der Waals surface area contributed by atoms with Crippen LogP contribution in [0.2, 0.25) is 0 Å². The van der Waals surface area contributed by atoms with Gasteiger partial charge in [0.2, 0.25) is 0 Å². The van der Waals surface area contributed by atoms with E-state index in [1.54, 1.807) is 0 Å². The van der Waals surface area contributed by atoms with E-state index in [1.165, 1.54) is 11.1 Å². The average molecular weight is 264 g/mol. The number of aryl methyl sites for hydroxylation is 1. The van der Waals surface area contributed by atoms with Gasteiger partial charge in [0.1, 0.15) is 0 Å². The fraction of sp³-hybridized carbons (Fsp3) is 0.600. The standard InChI is InChI=1S/C15H24N2O2/c1-11-5-3-4-6-14(11)15(7-16)17-8-13(9-18)19-10-12(17)2/h3-6,12-13,15,18H,7-10,16H2,1-2H3. The maximum absolute atomic E-state index is 9.29. The van der Waals surface area contributed by atoms with Crippen LogP contribution in [0.15, 0.2) is 24.3 Å². The van der Waals surface area contributed by atoms with Crippen molar-refractivity contribution in [2.75, 3.05) is 26.3 Å². The number of hydrogen-bond acceptors (Lipinski definition) is 4. The van der Waals surface area contributed by atoms with Crippen molar-refractivity contribution >= 4 is 0 Å². The number of rotatable bonds is 4. The molecule has 0 saturated carbocycles. The zero-order valence-corrected chi connectivity index (χ0v) is 11.7. The third-order valence-corrected chi connectivity index (χ3v) is 3.93. The zero-order chi connectivity index (χ0) is 13.8. The molecule has 1 fully saturated rings. The van der Waals surface area contributed by atoms with E-state index >= 15 is 0 Å². The maximum Gasteiger partial charge on any atom is 0.0933 e. The number of ether oxygens (including phenoxy) is 1. The molecule has 3 atom stereocenters. The molecular formula is C15H24N2O2. The van der Waals surface area contributed by atoms with Gasteiger partial charge in [0, 0.05) is 25.2 Å². The molecular weight excluding hydrogens is 240 g/mol. The first-order chi connectivity index (χ1) is 9.17. The molecule has 0 aromatic heterocycles. The van der Waals surface area contributed by atoms with Crippen molar-refractivity contribution in [2.24, 2.45) is 5.73 Å². The van der Waals surface area contributed by atoms with Crippen molar-refractivity contribution < 1.29 is 9.84 Å². The Morgan fingerprint density at radius 1 is 1.47 bits per heavy atom. The van der Waals surface area contributed by atoms with Crippen LogP contribution >= 0.6 is 0 Å². The van der Waals surface area contributed by atoms with E-state index in [0.717, 1.165) is 6.54 Å². The fourth-order valence-electron chi connectivity index (χ4n) is 2.79. The lowest BCUT2D eigenvalue weighted by Gasteiger charge is -2.42. The largest absolute Gasteiger partial charge is 0.394 e. The SMILES string of the molecule is Cc1ccccc1C(CN)N1CC(CO)OCC1C. The Balaban J connectivity index is 2.23. The summed E-state index contributed by atoms with van der Waals surface area (Å²) >= 11 is 0. The second kappa shape index (κ2) is 6.48. The predicted molar refractivity (Wildman–Crippen MR) is 76.0 cm³/mol. The molecule has 1 aliphatic heterocycles. The molecule has 2 rings (SSSR count). The van der Waals surface area contributed by atoms with Crippen LogP contribution in [0.3, 0.4) is 0 Å². The average Bonchev–Trinajstić information content (AvgIpc) is 2.43. The zero-order valence-electron chi connectivity index (χ0n) is 11.7. The molecule has 0 bridgehead atoms. The van der Waals surface area contributed by atoms with Crippen molar-refractivity contribution in [3.8, 4) is 0 Å². The molecule has 0 amide bonds. The van der Waals surface area contributed by atoms with E-state index in [1.807, 2.05) is 6.07 Å². The molecule has 1 aromatic rings. The highest BCUT2D eigenvalue weighted by Crippen LogP contribution is 2.27. The molecule has 4 heteroatoms. The van der Waals surface area contributed by atoms with Gasteiger partial charge < -0.3 is 15.6 Å². The van der Waals surface area contributed by atoms with E-state index in [0.29, 0.717) is 19.2 Å². The molecule has 3 unspecified atom stereocenters. The smallest absolute Gasteiger partial charge is 0.0933 e. The highest BCUT2D eigenvalue weighted by atomic mass is 16.5. The van der Waals surface area contributed by atoms with Crippen LogP contribution in [0.4, 0.5) is 0 Å².